The van der Waals surface area contributed by atoms with Crippen LogP contribution in [0.2, 0.25) is 0 Å². The number of hydrogen-bond acceptors (Lipinski definition) is 4. The quantitative estimate of drug-likeness (QED) is 0.893. The van der Waals surface area contributed by atoms with Crippen molar-refractivity contribution in [3.8, 4) is 0 Å². The molecule has 2 fully saturated rings. The molecule has 1 aromatic carbocycles. The molecule has 0 atom stereocenters. The van der Waals surface area contributed by atoms with Crippen LogP contribution in [-0.2, 0) is 10.2 Å². The van der Waals surface area contributed by atoms with Gasteiger partial charge in [-0.25, -0.2) is 4.79 Å². The summed E-state index contributed by atoms with van der Waals surface area (Å²) in [7, 11) is 0. The second-order valence-corrected chi connectivity index (χ2v) is 8.06. The van der Waals surface area contributed by atoms with Gasteiger partial charge in [0.05, 0.1) is 11.8 Å². The summed E-state index contributed by atoms with van der Waals surface area (Å²) in [4.78, 5) is 38.4. The van der Waals surface area contributed by atoms with Crippen molar-refractivity contribution in [3.63, 3.8) is 0 Å². The van der Waals surface area contributed by atoms with Gasteiger partial charge in [0.1, 0.15) is 0 Å². The Kier molecular flexibility index (Phi) is 4.29. The van der Waals surface area contributed by atoms with Crippen molar-refractivity contribution < 1.29 is 14.4 Å². The van der Waals surface area contributed by atoms with Crippen molar-refractivity contribution in [2.45, 2.75) is 32.2 Å². The van der Waals surface area contributed by atoms with Crippen LogP contribution in [-0.4, -0.2) is 51.9 Å². The maximum Gasteiger partial charge on any atom is 0.321 e. The minimum absolute atomic E-state index is 0.0695. The molecule has 7 heteroatoms. The highest BCUT2D eigenvalue weighted by molar-refractivity contribution is 8.14. The van der Waals surface area contributed by atoms with Crippen LogP contribution in [0.1, 0.15) is 26.3 Å². The molecule has 2 aliphatic rings. The van der Waals surface area contributed by atoms with E-state index in [2.05, 4.69) is 26.1 Å². The van der Waals surface area contributed by atoms with Gasteiger partial charge in [0.25, 0.3) is 5.24 Å². The lowest BCUT2D eigenvalue weighted by Crippen LogP contribution is -2.62. The summed E-state index contributed by atoms with van der Waals surface area (Å²) in [5.74, 6) is 0.0506. The zero-order valence-corrected chi connectivity index (χ0v) is 14.9. The Morgan fingerprint density at radius 2 is 1.79 bits per heavy atom. The molecule has 0 unspecified atom stereocenters. The monoisotopic (exact) mass is 347 g/mol. The number of carbonyl (C=O) groups is 3. The predicted molar refractivity (Wildman–Crippen MR) is 94.2 cm³/mol. The molecule has 1 aromatic rings. The van der Waals surface area contributed by atoms with E-state index >= 15 is 0 Å². The van der Waals surface area contributed by atoms with Crippen molar-refractivity contribution >= 4 is 34.6 Å². The van der Waals surface area contributed by atoms with Gasteiger partial charge in [0.2, 0.25) is 5.91 Å². The first kappa shape index (κ1) is 16.8. The standard InChI is InChI=1S/C17H21N3O3S/c1-17(2,3)11-4-6-12(7-5-11)18-15(22)19-8-13(9-19)20-14(21)10-24-16(20)23/h4-7,13H,8-10H2,1-3H3,(H,18,22). The number of nitrogens with zero attached hydrogens (tertiary/aromatic N) is 2. The van der Waals surface area contributed by atoms with Crippen molar-refractivity contribution in [1.29, 1.82) is 0 Å². The highest BCUT2D eigenvalue weighted by Crippen LogP contribution is 2.27. The largest absolute Gasteiger partial charge is 0.321 e. The summed E-state index contributed by atoms with van der Waals surface area (Å²) < 4.78 is 0. The number of amides is 4. The first-order valence-corrected chi connectivity index (χ1v) is 8.89. The fourth-order valence-corrected chi connectivity index (χ4v) is 3.53. The Balaban J connectivity index is 1.54. The van der Waals surface area contributed by atoms with Crippen molar-refractivity contribution in [3.05, 3.63) is 29.8 Å². The number of anilines is 1. The number of imide groups is 1. The molecular formula is C17H21N3O3S. The third kappa shape index (κ3) is 3.26. The zero-order valence-electron chi connectivity index (χ0n) is 14.0. The molecule has 2 heterocycles. The molecule has 0 bridgehead atoms. The number of nitrogens with one attached hydrogen (secondary N) is 1. The fraction of sp³-hybridized carbons (Fsp3) is 0.471. The van der Waals surface area contributed by atoms with Crippen LogP contribution in [0.25, 0.3) is 0 Å². The molecule has 3 rings (SSSR count). The maximum atomic E-state index is 12.2. The van der Waals surface area contributed by atoms with Gasteiger partial charge in [0, 0.05) is 18.8 Å². The van der Waals surface area contributed by atoms with Gasteiger partial charge in [-0.3, -0.25) is 14.5 Å². The minimum Gasteiger partial charge on any atom is -0.320 e. The summed E-state index contributed by atoms with van der Waals surface area (Å²) in [6.07, 6.45) is 0. The SMILES string of the molecule is CC(C)(C)c1ccc(NC(=O)N2CC(N3C(=O)CSC3=O)C2)cc1. The van der Waals surface area contributed by atoms with Crippen molar-refractivity contribution in [2.75, 3.05) is 24.2 Å². The van der Waals surface area contributed by atoms with Crippen LogP contribution in [0, 0.1) is 0 Å². The van der Waals surface area contributed by atoms with E-state index in [1.54, 1.807) is 4.90 Å². The Morgan fingerprint density at radius 1 is 1.17 bits per heavy atom. The van der Waals surface area contributed by atoms with Crippen LogP contribution < -0.4 is 5.32 Å². The molecule has 1 N–H and O–H groups in total. The summed E-state index contributed by atoms with van der Waals surface area (Å²) >= 11 is 1.02. The van der Waals surface area contributed by atoms with Gasteiger partial charge < -0.3 is 10.2 Å². The van der Waals surface area contributed by atoms with Crippen LogP contribution in [0.15, 0.2) is 24.3 Å². The zero-order chi connectivity index (χ0) is 17.5. The molecule has 4 amide bonds. The highest BCUT2D eigenvalue weighted by atomic mass is 32.2. The topological polar surface area (TPSA) is 69.7 Å². The third-order valence-corrected chi connectivity index (χ3v) is 5.14. The first-order chi connectivity index (χ1) is 11.3. The van der Waals surface area contributed by atoms with E-state index in [0.29, 0.717) is 13.1 Å². The molecule has 24 heavy (non-hydrogen) atoms. The van der Waals surface area contributed by atoms with Gasteiger partial charge in [-0.05, 0) is 23.1 Å². The lowest BCUT2D eigenvalue weighted by Gasteiger charge is -2.42. The number of likely N-dealkylation sites (tertiary alicyclic amines) is 1. The van der Waals surface area contributed by atoms with E-state index in [1.807, 2.05) is 24.3 Å². The van der Waals surface area contributed by atoms with E-state index in [-0.39, 0.29) is 34.4 Å². The molecule has 0 radical (unpaired) electrons. The molecule has 2 aliphatic heterocycles. The molecule has 0 saturated carbocycles. The van der Waals surface area contributed by atoms with Crippen LogP contribution in [0.4, 0.5) is 15.3 Å². The van der Waals surface area contributed by atoms with E-state index in [4.69, 9.17) is 0 Å². The van der Waals surface area contributed by atoms with Gasteiger partial charge in [-0.2, -0.15) is 0 Å². The van der Waals surface area contributed by atoms with Gasteiger partial charge >= 0.3 is 6.03 Å². The van der Waals surface area contributed by atoms with Crippen LogP contribution in [0.5, 0.6) is 0 Å². The summed E-state index contributed by atoms with van der Waals surface area (Å²) in [6.45, 7) is 7.20. The lowest BCUT2D eigenvalue weighted by molar-refractivity contribution is -0.128. The molecular weight excluding hydrogens is 326 g/mol. The third-order valence-electron chi connectivity index (χ3n) is 4.30. The van der Waals surface area contributed by atoms with Gasteiger partial charge in [-0.15, -0.1) is 0 Å². The average molecular weight is 347 g/mol. The predicted octanol–water partition coefficient (Wildman–Crippen LogP) is 2.90. The summed E-state index contributed by atoms with van der Waals surface area (Å²) in [5.41, 5.74) is 2.01. The Bertz CT molecular complexity index is 659. The van der Waals surface area contributed by atoms with E-state index < -0.39 is 0 Å². The average Bonchev–Trinajstić information content (AvgIpc) is 2.77. The van der Waals surface area contributed by atoms with E-state index in [0.717, 1.165) is 17.4 Å². The molecule has 0 aromatic heterocycles. The Labute approximate surface area is 145 Å². The van der Waals surface area contributed by atoms with Crippen molar-refractivity contribution in [1.82, 2.24) is 9.80 Å². The molecule has 128 valence electrons. The maximum absolute atomic E-state index is 12.2. The number of carbonyl (C=O) groups excluding carboxylic acids is 3. The Hall–Kier alpha value is -2.02. The number of rotatable bonds is 2. The minimum atomic E-state index is -0.207. The first-order valence-electron chi connectivity index (χ1n) is 7.91. The van der Waals surface area contributed by atoms with Crippen LogP contribution in [0.3, 0.4) is 0 Å². The van der Waals surface area contributed by atoms with Gasteiger partial charge in [-0.1, -0.05) is 44.7 Å². The molecule has 2 saturated heterocycles. The second-order valence-electron chi connectivity index (χ2n) is 7.13. The number of benzene rings is 1. The molecule has 0 spiro atoms. The number of urea groups is 1. The number of thioether (sulfide) groups is 1. The summed E-state index contributed by atoms with van der Waals surface area (Å²) in [6, 6.07) is 7.40. The van der Waals surface area contributed by atoms with Gasteiger partial charge in [0.15, 0.2) is 0 Å². The van der Waals surface area contributed by atoms with E-state index in [9.17, 15) is 14.4 Å². The second kappa shape index (κ2) is 6.12. The smallest absolute Gasteiger partial charge is 0.320 e. The Morgan fingerprint density at radius 3 is 2.29 bits per heavy atom. The molecule has 0 aliphatic carbocycles. The fourth-order valence-electron chi connectivity index (χ4n) is 2.76. The number of hydrogen-bond donors (Lipinski definition) is 1. The van der Waals surface area contributed by atoms with Crippen molar-refractivity contribution in [2.24, 2.45) is 0 Å². The van der Waals surface area contributed by atoms with Crippen LogP contribution >= 0.6 is 11.8 Å². The normalized spacial score (nSPS) is 18.8. The molecule has 6 nitrogen and oxygen atoms in total. The lowest BCUT2D eigenvalue weighted by atomic mass is 9.87. The highest BCUT2D eigenvalue weighted by Gasteiger charge is 2.43. The van der Waals surface area contributed by atoms with E-state index in [1.165, 1.54) is 10.5 Å². The summed E-state index contributed by atoms with van der Waals surface area (Å²) in [5, 5.41) is 2.64.